The lowest BCUT2D eigenvalue weighted by Crippen LogP contribution is -2.15. The van der Waals surface area contributed by atoms with Crippen LogP contribution in [-0.4, -0.2) is 41.6 Å². The number of carbonyl (C=O) groups is 1. The molecule has 0 fully saturated rings. The second-order valence-corrected chi connectivity index (χ2v) is 7.59. The molecule has 154 valence electrons. The minimum absolute atomic E-state index is 0.0964. The molecular formula is C20H20ClN7O2. The molecular weight excluding hydrogens is 406 g/mol. The standard InChI is InChI=1S/C20H20ClN7O2/c1-10(2)30-20(29)14-9-23-28(17(14)22)19-18(27-12(4)7-11(3)26-27)24-15-6-5-13(21)8-16(15)25-19/h5-10H,22H2,1-4H3. The molecule has 4 aromatic rings. The van der Waals surface area contributed by atoms with Crippen LogP contribution >= 0.6 is 11.6 Å². The molecule has 0 saturated heterocycles. The topological polar surface area (TPSA) is 114 Å². The molecule has 10 heteroatoms. The highest BCUT2D eigenvalue weighted by atomic mass is 35.5. The van der Waals surface area contributed by atoms with Crippen molar-refractivity contribution in [1.29, 1.82) is 0 Å². The average Bonchev–Trinajstić information content (AvgIpc) is 3.21. The van der Waals surface area contributed by atoms with Gasteiger partial charge in [0.2, 0.25) is 5.82 Å². The highest BCUT2D eigenvalue weighted by molar-refractivity contribution is 6.31. The molecule has 0 amide bonds. The number of halogens is 1. The summed E-state index contributed by atoms with van der Waals surface area (Å²) in [6.45, 7) is 7.32. The van der Waals surface area contributed by atoms with Crippen molar-refractivity contribution in [1.82, 2.24) is 29.5 Å². The fraction of sp³-hybridized carbons (Fsp3) is 0.250. The molecule has 0 unspecified atom stereocenters. The maximum Gasteiger partial charge on any atom is 0.343 e. The summed E-state index contributed by atoms with van der Waals surface area (Å²) >= 11 is 6.13. The largest absolute Gasteiger partial charge is 0.459 e. The molecule has 3 aromatic heterocycles. The van der Waals surface area contributed by atoms with Gasteiger partial charge in [0.05, 0.1) is 29.0 Å². The van der Waals surface area contributed by atoms with E-state index >= 15 is 0 Å². The zero-order valence-corrected chi connectivity index (χ0v) is 17.7. The molecule has 0 spiro atoms. The number of anilines is 1. The van der Waals surface area contributed by atoms with Gasteiger partial charge in [-0.1, -0.05) is 11.6 Å². The molecule has 2 N–H and O–H groups in total. The van der Waals surface area contributed by atoms with Crippen molar-refractivity contribution in [2.24, 2.45) is 0 Å². The van der Waals surface area contributed by atoms with E-state index in [4.69, 9.17) is 27.1 Å². The maximum absolute atomic E-state index is 12.4. The van der Waals surface area contributed by atoms with E-state index in [9.17, 15) is 4.79 Å². The maximum atomic E-state index is 12.4. The minimum Gasteiger partial charge on any atom is -0.459 e. The van der Waals surface area contributed by atoms with Gasteiger partial charge in [0.15, 0.2) is 5.82 Å². The van der Waals surface area contributed by atoms with Crippen LogP contribution in [-0.2, 0) is 4.74 Å². The third-order valence-corrected chi connectivity index (χ3v) is 4.61. The van der Waals surface area contributed by atoms with E-state index in [1.807, 2.05) is 19.9 Å². The molecule has 0 saturated carbocycles. The highest BCUT2D eigenvalue weighted by Crippen LogP contribution is 2.26. The third kappa shape index (κ3) is 3.48. The second kappa shape index (κ2) is 7.42. The van der Waals surface area contributed by atoms with Crippen LogP contribution < -0.4 is 5.73 Å². The fourth-order valence-corrected chi connectivity index (χ4v) is 3.26. The number of aryl methyl sites for hydroxylation is 2. The molecule has 0 aliphatic rings. The fourth-order valence-electron chi connectivity index (χ4n) is 3.10. The number of nitrogens with zero attached hydrogens (tertiary/aromatic N) is 6. The number of esters is 1. The van der Waals surface area contributed by atoms with Gasteiger partial charge in [0, 0.05) is 10.7 Å². The lowest BCUT2D eigenvalue weighted by Gasteiger charge is -2.13. The van der Waals surface area contributed by atoms with E-state index < -0.39 is 5.97 Å². The Morgan fingerprint density at radius 1 is 1.10 bits per heavy atom. The summed E-state index contributed by atoms with van der Waals surface area (Å²) in [5, 5.41) is 9.32. The molecule has 0 aliphatic carbocycles. The van der Waals surface area contributed by atoms with Gasteiger partial charge in [0.1, 0.15) is 11.4 Å². The smallest absolute Gasteiger partial charge is 0.343 e. The minimum atomic E-state index is -0.557. The quantitative estimate of drug-likeness (QED) is 0.498. The monoisotopic (exact) mass is 425 g/mol. The summed E-state index contributed by atoms with van der Waals surface area (Å²) in [4.78, 5) is 21.8. The summed E-state index contributed by atoms with van der Waals surface area (Å²) in [7, 11) is 0. The van der Waals surface area contributed by atoms with Gasteiger partial charge < -0.3 is 10.5 Å². The van der Waals surface area contributed by atoms with Crippen molar-refractivity contribution >= 4 is 34.4 Å². The SMILES string of the molecule is Cc1cc(C)n(-c2nc3ccc(Cl)cc3nc2-n2ncc(C(=O)OC(C)C)c2N)n1. The first-order chi connectivity index (χ1) is 14.2. The Hall–Kier alpha value is -3.46. The predicted molar refractivity (Wildman–Crippen MR) is 113 cm³/mol. The van der Waals surface area contributed by atoms with Crippen molar-refractivity contribution in [3.63, 3.8) is 0 Å². The summed E-state index contributed by atoms with van der Waals surface area (Å²) in [5.74, 6) is 0.281. The Kier molecular flexibility index (Phi) is 4.90. The zero-order valence-electron chi connectivity index (χ0n) is 16.9. The van der Waals surface area contributed by atoms with Crippen LogP contribution in [0.4, 0.5) is 5.82 Å². The van der Waals surface area contributed by atoms with Crippen LogP contribution in [0, 0.1) is 13.8 Å². The molecule has 30 heavy (non-hydrogen) atoms. The van der Waals surface area contributed by atoms with Crippen LogP contribution in [0.2, 0.25) is 5.02 Å². The summed E-state index contributed by atoms with van der Waals surface area (Å²) < 4.78 is 8.27. The van der Waals surface area contributed by atoms with Crippen LogP contribution in [0.5, 0.6) is 0 Å². The van der Waals surface area contributed by atoms with Gasteiger partial charge in [-0.25, -0.2) is 19.4 Å². The van der Waals surface area contributed by atoms with E-state index in [1.54, 1.807) is 36.7 Å². The van der Waals surface area contributed by atoms with Crippen molar-refractivity contribution in [3.8, 4) is 11.6 Å². The molecule has 9 nitrogen and oxygen atoms in total. The number of fused-ring (bicyclic) bond motifs is 1. The lowest BCUT2D eigenvalue weighted by molar-refractivity contribution is 0.0379. The normalized spacial score (nSPS) is 11.4. The van der Waals surface area contributed by atoms with Gasteiger partial charge >= 0.3 is 5.97 Å². The number of nitrogens with two attached hydrogens (primary N) is 1. The van der Waals surface area contributed by atoms with E-state index in [1.165, 1.54) is 10.9 Å². The molecule has 4 rings (SSSR count). The zero-order chi connectivity index (χ0) is 21.6. The van der Waals surface area contributed by atoms with Crippen molar-refractivity contribution in [3.05, 3.63) is 52.4 Å². The lowest BCUT2D eigenvalue weighted by atomic mass is 10.3. The van der Waals surface area contributed by atoms with E-state index in [0.717, 1.165) is 11.4 Å². The van der Waals surface area contributed by atoms with Crippen LogP contribution in [0.3, 0.4) is 0 Å². The molecule has 3 heterocycles. The van der Waals surface area contributed by atoms with Gasteiger partial charge in [-0.2, -0.15) is 14.9 Å². The first-order valence-electron chi connectivity index (χ1n) is 9.30. The van der Waals surface area contributed by atoms with Crippen molar-refractivity contribution in [2.45, 2.75) is 33.8 Å². The first-order valence-corrected chi connectivity index (χ1v) is 9.68. The summed E-state index contributed by atoms with van der Waals surface area (Å²) in [5.41, 5.74) is 9.28. The van der Waals surface area contributed by atoms with Gasteiger partial charge in [-0.05, 0) is 52.0 Å². The van der Waals surface area contributed by atoms with Gasteiger partial charge in [-0.3, -0.25) is 0 Å². The Bertz CT molecular complexity index is 1280. The van der Waals surface area contributed by atoms with E-state index in [0.29, 0.717) is 27.7 Å². The highest BCUT2D eigenvalue weighted by Gasteiger charge is 2.23. The van der Waals surface area contributed by atoms with Crippen LogP contribution in [0.1, 0.15) is 35.6 Å². The number of nitrogen functional groups attached to an aromatic ring is 1. The molecule has 0 atom stereocenters. The van der Waals surface area contributed by atoms with E-state index in [-0.39, 0.29) is 17.5 Å². The molecule has 0 radical (unpaired) electrons. The van der Waals surface area contributed by atoms with Crippen molar-refractivity contribution in [2.75, 3.05) is 5.73 Å². The van der Waals surface area contributed by atoms with Gasteiger partial charge in [-0.15, -0.1) is 0 Å². The summed E-state index contributed by atoms with van der Waals surface area (Å²) in [6, 6.07) is 7.15. The molecule has 0 aliphatic heterocycles. The van der Waals surface area contributed by atoms with Crippen LogP contribution in [0.15, 0.2) is 30.5 Å². The number of hydrogen-bond donors (Lipinski definition) is 1. The molecule has 0 bridgehead atoms. The predicted octanol–water partition coefficient (Wildman–Crippen LogP) is 3.42. The van der Waals surface area contributed by atoms with Crippen LogP contribution in [0.25, 0.3) is 22.7 Å². The van der Waals surface area contributed by atoms with E-state index in [2.05, 4.69) is 15.2 Å². The first kappa shape index (κ1) is 19.8. The third-order valence-electron chi connectivity index (χ3n) is 4.37. The number of ether oxygens (including phenoxy) is 1. The number of aromatic nitrogens is 6. The average molecular weight is 426 g/mol. The number of hydrogen-bond acceptors (Lipinski definition) is 7. The number of carbonyl (C=O) groups excluding carboxylic acids is 1. The second-order valence-electron chi connectivity index (χ2n) is 7.15. The Morgan fingerprint density at radius 2 is 1.80 bits per heavy atom. The summed E-state index contributed by atoms with van der Waals surface area (Å²) in [6.07, 6.45) is 1.07. The Labute approximate surface area is 177 Å². The number of benzene rings is 1. The Morgan fingerprint density at radius 3 is 2.47 bits per heavy atom. The Balaban J connectivity index is 1.96. The number of rotatable bonds is 4. The van der Waals surface area contributed by atoms with Gasteiger partial charge in [0.25, 0.3) is 0 Å². The molecule has 1 aromatic carbocycles. The van der Waals surface area contributed by atoms with Crippen molar-refractivity contribution < 1.29 is 9.53 Å².